The van der Waals surface area contributed by atoms with Crippen LogP contribution in [-0.4, -0.2) is 32.5 Å². The molecule has 3 rings (SSSR count). The first-order valence-electron chi connectivity index (χ1n) is 8.69. The zero-order valence-corrected chi connectivity index (χ0v) is 15.1. The highest BCUT2D eigenvalue weighted by molar-refractivity contribution is 5.79. The number of hydrogen-bond donors (Lipinski definition) is 1. The van der Waals surface area contributed by atoms with Gasteiger partial charge in [-0.2, -0.15) is 0 Å². The standard InChI is InChI=1S/C18H24N4O3/c1-10(2)16-9-14(21-25-16)15-6-5-7-22(15)17(23)8-13-11(3)19-12(4)20-18(13)24/h9-10,15H,5-8H2,1-4H3,(H,19,20,24)/t15-/m1/s1. The molecule has 134 valence electrons. The van der Waals surface area contributed by atoms with E-state index in [4.69, 9.17) is 4.52 Å². The molecule has 0 aliphatic carbocycles. The van der Waals surface area contributed by atoms with Gasteiger partial charge in [-0.05, 0) is 26.7 Å². The van der Waals surface area contributed by atoms with Crippen LogP contribution in [0.3, 0.4) is 0 Å². The van der Waals surface area contributed by atoms with Crippen LogP contribution in [0.4, 0.5) is 0 Å². The van der Waals surface area contributed by atoms with E-state index in [2.05, 4.69) is 15.1 Å². The molecule has 0 saturated carbocycles. The van der Waals surface area contributed by atoms with Gasteiger partial charge in [0.2, 0.25) is 5.91 Å². The van der Waals surface area contributed by atoms with Crippen molar-refractivity contribution in [2.24, 2.45) is 0 Å². The van der Waals surface area contributed by atoms with E-state index in [1.165, 1.54) is 0 Å². The number of carbonyl (C=O) groups excluding carboxylic acids is 1. The predicted octanol–water partition coefficient (Wildman–Crippen LogP) is 2.40. The molecule has 0 radical (unpaired) electrons. The minimum Gasteiger partial charge on any atom is -0.361 e. The molecule has 1 saturated heterocycles. The lowest BCUT2D eigenvalue weighted by atomic mass is 10.1. The number of nitrogens with zero attached hydrogens (tertiary/aromatic N) is 3. The van der Waals surface area contributed by atoms with Gasteiger partial charge < -0.3 is 14.4 Å². The molecule has 0 spiro atoms. The highest BCUT2D eigenvalue weighted by Crippen LogP contribution is 2.33. The van der Waals surface area contributed by atoms with Gasteiger partial charge in [0.15, 0.2) is 0 Å². The molecule has 1 amide bonds. The molecule has 25 heavy (non-hydrogen) atoms. The number of aryl methyl sites for hydroxylation is 2. The third kappa shape index (κ3) is 3.50. The molecule has 1 aliphatic heterocycles. The molecular formula is C18H24N4O3. The van der Waals surface area contributed by atoms with Crippen molar-refractivity contribution in [2.45, 2.75) is 58.9 Å². The fourth-order valence-corrected chi connectivity index (χ4v) is 3.32. The molecule has 3 heterocycles. The lowest BCUT2D eigenvalue weighted by Crippen LogP contribution is -2.34. The third-order valence-electron chi connectivity index (χ3n) is 4.70. The van der Waals surface area contributed by atoms with Crippen LogP contribution in [0.2, 0.25) is 0 Å². The third-order valence-corrected chi connectivity index (χ3v) is 4.70. The largest absolute Gasteiger partial charge is 0.361 e. The van der Waals surface area contributed by atoms with Crippen LogP contribution in [-0.2, 0) is 11.2 Å². The van der Waals surface area contributed by atoms with E-state index in [1.54, 1.807) is 18.7 Å². The lowest BCUT2D eigenvalue weighted by Gasteiger charge is -2.23. The van der Waals surface area contributed by atoms with Gasteiger partial charge in [0.25, 0.3) is 5.56 Å². The summed E-state index contributed by atoms with van der Waals surface area (Å²) >= 11 is 0. The predicted molar refractivity (Wildman–Crippen MR) is 92.3 cm³/mol. The van der Waals surface area contributed by atoms with Gasteiger partial charge in [-0.15, -0.1) is 0 Å². The number of hydrogen-bond acceptors (Lipinski definition) is 5. The second kappa shape index (κ2) is 6.82. The molecule has 1 fully saturated rings. The second-order valence-corrected chi connectivity index (χ2v) is 6.95. The molecule has 1 atom stereocenters. The zero-order valence-electron chi connectivity index (χ0n) is 15.1. The van der Waals surface area contributed by atoms with Crippen molar-refractivity contribution in [1.82, 2.24) is 20.0 Å². The molecule has 0 aromatic carbocycles. The van der Waals surface area contributed by atoms with Crippen molar-refractivity contribution in [3.05, 3.63) is 45.0 Å². The van der Waals surface area contributed by atoms with Gasteiger partial charge in [-0.3, -0.25) is 9.59 Å². The number of likely N-dealkylation sites (tertiary alicyclic amines) is 1. The zero-order chi connectivity index (χ0) is 18.1. The Bertz CT molecular complexity index is 837. The van der Waals surface area contributed by atoms with Crippen molar-refractivity contribution in [2.75, 3.05) is 6.54 Å². The topological polar surface area (TPSA) is 92.1 Å². The van der Waals surface area contributed by atoms with E-state index in [0.29, 0.717) is 23.6 Å². The average Bonchev–Trinajstić information content (AvgIpc) is 3.18. The molecule has 7 heteroatoms. The summed E-state index contributed by atoms with van der Waals surface area (Å²) in [5.74, 6) is 1.56. The van der Waals surface area contributed by atoms with Crippen LogP contribution in [0.5, 0.6) is 0 Å². The summed E-state index contributed by atoms with van der Waals surface area (Å²) in [5, 5.41) is 4.16. The number of rotatable bonds is 4. The van der Waals surface area contributed by atoms with Crippen molar-refractivity contribution < 1.29 is 9.32 Å². The van der Waals surface area contributed by atoms with Crippen molar-refractivity contribution in [3.63, 3.8) is 0 Å². The van der Waals surface area contributed by atoms with Crippen LogP contribution >= 0.6 is 0 Å². The Morgan fingerprint density at radius 3 is 2.84 bits per heavy atom. The van der Waals surface area contributed by atoms with Gasteiger partial charge in [-0.1, -0.05) is 19.0 Å². The fraction of sp³-hybridized carbons (Fsp3) is 0.556. The van der Waals surface area contributed by atoms with Crippen LogP contribution in [0.25, 0.3) is 0 Å². The number of aromatic nitrogens is 3. The van der Waals surface area contributed by atoms with Crippen molar-refractivity contribution >= 4 is 5.91 Å². The van der Waals surface area contributed by atoms with Gasteiger partial charge >= 0.3 is 0 Å². The quantitative estimate of drug-likeness (QED) is 0.919. The van der Waals surface area contributed by atoms with E-state index in [1.807, 2.05) is 19.9 Å². The summed E-state index contributed by atoms with van der Waals surface area (Å²) in [7, 11) is 0. The number of aromatic amines is 1. The van der Waals surface area contributed by atoms with E-state index < -0.39 is 0 Å². The Balaban J connectivity index is 1.80. The van der Waals surface area contributed by atoms with Crippen LogP contribution < -0.4 is 5.56 Å². The van der Waals surface area contributed by atoms with Gasteiger partial charge in [0, 0.05) is 29.8 Å². The number of carbonyl (C=O) groups is 1. The summed E-state index contributed by atoms with van der Waals surface area (Å²) in [6, 6.07) is 1.86. The highest BCUT2D eigenvalue weighted by atomic mass is 16.5. The van der Waals surface area contributed by atoms with Crippen LogP contribution in [0.15, 0.2) is 15.4 Å². The Hall–Kier alpha value is -2.44. The number of H-pyrrole nitrogens is 1. The summed E-state index contributed by atoms with van der Waals surface area (Å²) < 4.78 is 5.38. The Morgan fingerprint density at radius 2 is 2.20 bits per heavy atom. The Labute approximate surface area is 146 Å². The van der Waals surface area contributed by atoms with E-state index in [9.17, 15) is 9.59 Å². The SMILES string of the molecule is Cc1nc(C)c(CC(=O)N2CCC[C@@H]2c2cc(C(C)C)on2)c(=O)[nH]1. The van der Waals surface area contributed by atoms with Crippen molar-refractivity contribution in [1.29, 1.82) is 0 Å². The van der Waals surface area contributed by atoms with Gasteiger partial charge in [0.05, 0.1) is 12.5 Å². The highest BCUT2D eigenvalue weighted by Gasteiger charge is 2.33. The van der Waals surface area contributed by atoms with Gasteiger partial charge in [-0.25, -0.2) is 4.98 Å². The fourth-order valence-electron chi connectivity index (χ4n) is 3.32. The first kappa shape index (κ1) is 17.4. The van der Waals surface area contributed by atoms with E-state index >= 15 is 0 Å². The van der Waals surface area contributed by atoms with Crippen molar-refractivity contribution in [3.8, 4) is 0 Å². The second-order valence-electron chi connectivity index (χ2n) is 6.95. The molecule has 2 aromatic rings. The summed E-state index contributed by atoms with van der Waals surface area (Å²) in [6.07, 6.45) is 1.83. The lowest BCUT2D eigenvalue weighted by molar-refractivity contribution is -0.131. The summed E-state index contributed by atoms with van der Waals surface area (Å²) in [4.78, 5) is 33.7. The molecule has 1 N–H and O–H groups in total. The number of nitrogens with one attached hydrogen (secondary N) is 1. The Morgan fingerprint density at radius 1 is 1.44 bits per heavy atom. The van der Waals surface area contributed by atoms with Gasteiger partial charge in [0.1, 0.15) is 17.3 Å². The molecule has 0 bridgehead atoms. The average molecular weight is 344 g/mol. The maximum absolute atomic E-state index is 12.8. The molecule has 0 unspecified atom stereocenters. The normalized spacial score (nSPS) is 17.5. The molecule has 1 aliphatic rings. The minimum absolute atomic E-state index is 0.0554. The maximum Gasteiger partial charge on any atom is 0.254 e. The van der Waals surface area contributed by atoms with E-state index in [-0.39, 0.29) is 29.8 Å². The first-order valence-corrected chi connectivity index (χ1v) is 8.69. The minimum atomic E-state index is -0.238. The van der Waals surface area contributed by atoms with Crippen LogP contribution in [0, 0.1) is 13.8 Å². The van der Waals surface area contributed by atoms with Crippen LogP contribution in [0.1, 0.15) is 67.2 Å². The summed E-state index contributed by atoms with van der Waals surface area (Å²) in [5.41, 5.74) is 1.60. The Kier molecular flexibility index (Phi) is 4.74. The summed E-state index contributed by atoms with van der Waals surface area (Å²) in [6.45, 7) is 8.25. The molecule has 7 nitrogen and oxygen atoms in total. The first-order chi connectivity index (χ1) is 11.9. The smallest absolute Gasteiger partial charge is 0.254 e. The maximum atomic E-state index is 12.8. The monoisotopic (exact) mass is 344 g/mol. The molecule has 2 aromatic heterocycles. The van der Waals surface area contributed by atoms with E-state index in [0.717, 1.165) is 24.3 Å². The number of amides is 1. The molecular weight excluding hydrogens is 320 g/mol.